The highest BCUT2D eigenvalue weighted by molar-refractivity contribution is 6.31. The molecule has 1 amide bonds. The van der Waals surface area contributed by atoms with Crippen LogP contribution >= 0.6 is 11.6 Å². The summed E-state index contributed by atoms with van der Waals surface area (Å²) >= 11 is 6.29. The van der Waals surface area contributed by atoms with Gasteiger partial charge in [-0.1, -0.05) is 35.9 Å². The van der Waals surface area contributed by atoms with Gasteiger partial charge < -0.3 is 4.90 Å². The maximum absolute atomic E-state index is 13.1. The molecule has 1 aromatic heterocycles. The molecule has 2 aromatic rings. The fourth-order valence-corrected chi connectivity index (χ4v) is 3.61. The number of nitrogens with zero attached hydrogens (tertiary/aromatic N) is 2. The molecular formula is C19H21ClN4O. The second kappa shape index (κ2) is 7.12. The third kappa shape index (κ3) is 3.68. The molecule has 2 N–H and O–H groups in total. The molecule has 0 spiro atoms. The molecule has 0 bridgehead atoms. The van der Waals surface area contributed by atoms with E-state index in [1.807, 2.05) is 47.5 Å². The Balaban J connectivity index is 1.45. The van der Waals surface area contributed by atoms with E-state index >= 15 is 0 Å². The molecule has 130 valence electrons. The van der Waals surface area contributed by atoms with E-state index in [2.05, 4.69) is 15.8 Å². The molecule has 2 unspecified atom stereocenters. The number of hydrazine groups is 1. The minimum absolute atomic E-state index is 0.0436. The van der Waals surface area contributed by atoms with Crippen molar-refractivity contribution in [3.05, 3.63) is 64.9 Å². The molecular weight excluding hydrogens is 336 g/mol. The van der Waals surface area contributed by atoms with Gasteiger partial charge in [-0.3, -0.25) is 9.78 Å². The van der Waals surface area contributed by atoms with Gasteiger partial charge in [0.05, 0.1) is 0 Å². The van der Waals surface area contributed by atoms with E-state index in [4.69, 9.17) is 11.6 Å². The fourth-order valence-electron chi connectivity index (χ4n) is 3.34. The lowest BCUT2D eigenvalue weighted by atomic mass is 10.0. The Morgan fingerprint density at radius 1 is 1.20 bits per heavy atom. The lowest BCUT2D eigenvalue weighted by molar-refractivity contribution is -0.134. The largest absolute Gasteiger partial charge is 0.334 e. The fraction of sp³-hybridized carbons (Fsp3) is 0.368. The summed E-state index contributed by atoms with van der Waals surface area (Å²) in [5, 5.41) is 0.726. The summed E-state index contributed by atoms with van der Waals surface area (Å²) in [5.41, 5.74) is 8.49. The zero-order valence-corrected chi connectivity index (χ0v) is 14.6. The predicted molar refractivity (Wildman–Crippen MR) is 96.7 cm³/mol. The first-order valence-corrected chi connectivity index (χ1v) is 9.05. The van der Waals surface area contributed by atoms with Crippen LogP contribution in [-0.2, 0) is 11.3 Å². The predicted octanol–water partition coefficient (Wildman–Crippen LogP) is 2.83. The second-order valence-corrected chi connectivity index (χ2v) is 7.12. The molecule has 25 heavy (non-hydrogen) atoms. The first kappa shape index (κ1) is 16.5. The summed E-state index contributed by atoms with van der Waals surface area (Å²) < 4.78 is 0. The molecule has 2 fully saturated rings. The van der Waals surface area contributed by atoms with Gasteiger partial charge in [-0.05, 0) is 42.5 Å². The molecule has 0 radical (unpaired) electrons. The molecule has 5 nitrogen and oxygen atoms in total. The number of nitrogens with one attached hydrogen (secondary N) is 2. The minimum atomic E-state index is -0.237. The van der Waals surface area contributed by atoms with Crippen LogP contribution in [0.1, 0.15) is 36.4 Å². The van der Waals surface area contributed by atoms with Gasteiger partial charge in [0, 0.05) is 36.0 Å². The van der Waals surface area contributed by atoms with E-state index in [1.54, 1.807) is 6.20 Å². The molecule has 2 heterocycles. The van der Waals surface area contributed by atoms with Crippen LogP contribution in [0.3, 0.4) is 0 Å². The average molecular weight is 357 g/mol. The Morgan fingerprint density at radius 2 is 2.04 bits per heavy atom. The van der Waals surface area contributed by atoms with Crippen molar-refractivity contribution in [2.75, 3.05) is 0 Å². The van der Waals surface area contributed by atoms with Crippen LogP contribution in [0.25, 0.3) is 0 Å². The highest BCUT2D eigenvalue weighted by Crippen LogP contribution is 2.32. The van der Waals surface area contributed by atoms with Crippen molar-refractivity contribution >= 4 is 17.5 Å². The van der Waals surface area contributed by atoms with Crippen LogP contribution in [0, 0.1) is 0 Å². The van der Waals surface area contributed by atoms with Crippen molar-refractivity contribution in [1.82, 2.24) is 20.7 Å². The minimum Gasteiger partial charge on any atom is -0.334 e. The lowest BCUT2D eigenvalue weighted by Gasteiger charge is -2.25. The third-order valence-electron chi connectivity index (χ3n) is 4.83. The van der Waals surface area contributed by atoms with Crippen molar-refractivity contribution in [2.24, 2.45) is 0 Å². The lowest BCUT2D eigenvalue weighted by Crippen LogP contribution is -2.46. The van der Waals surface area contributed by atoms with Crippen LogP contribution in [0.2, 0.25) is 5.02 Å². The van der Waals surface area contributed by atoms with Crippen LogP contribution in [-0.4, -0.2) is 27.9 Å². The maximum Gasteiger partial charge on any atom is 0.241 e. The monoisotopic (exact) mass is 356 g/mol. The van der Waals surface area contributed by atoms with Gasteiger partial charge in [-0.2, -0.15) is 0 Å². The first-order valence-electron chi connectivity index (χ1n) is 8.67. The van der Waals surface area contributed by atoms with Gasteiger partial charge in [0.15, 0.2) is 0 Å². The van der Waals surface area contributed by atoms with Crippen LogP contribution in [0.5, 0.6) is 0 Å². The van der Waals surface area contributed by atoms with E-state index in [0.29, 0.717) is 19.0 Å². The standard InChI is InChI=1S/C19H21ClN4O/c20-16-6-2-1-5-15(16)17-10-18(23-22-17)19(25)24(14-7-8-14)12-13-4-3-9-21-11-13/h1-6,9,11,14,17-18,22-23H,7-8,10,12H2. The van der Waals surface area contributed by atoms with Gasteiger partial charge in [0.2, 0.25) is 5.91 Å². The van der Waals surface area contributed by atoms with E-state index in [0.717, 1.165) is 29.0 Å². The van der Waals surface area contributed by atoms with E-state index < -0.39 is 0 Å². The Labute approximate surface area is 152 Å². The van der Waals surface area contributed by atoms with E-state index in [-0.39, 0.29) is 18.0 Å². The first-order chi connectivity index (χ1) is 12.2. The zero-order valence-electron chi connectivity index (χ0n) is 13.9. The highest BCUT2D eigenvalue weighted by Gasteiger charge is 2.39. The molecule has 6 heteroatoms. The number of carbonyl (C=O) groups excluding carboxylic acids is 1. The average Bonchev–Trinajstić information content (AvgIpc) is 3.37. The van der Waals surface area contributed by atoms with Crippen LogP contribution in [0.15, 0.2) is 48.8 Å². The van der Waals surface area contributed by atoms with Crippen molar-refractivity contribution < 1.29 is 4.79 Å². The number of hydrogen-bond donors (Lipinski definition) is 2. The van der Waals surface area contributed by atoms with E-state index in [1.165, 1.54) is 0 Å². The van der Waals surface area contributed by atoms with E-state index in [9.17, 15) is 4.79 Å². The number of halogens is 1. The molecule has 2 aliphatic rings. The van der Waals surface area contributed by atoms with Gasteiger partial charge in [0.1, 0.15) is 6.04 Å². The summed E-state index contributed by atoms with van der Waals surface area (Å²) in [6, 6.07) is 11.9. The van der Waals surface area contributed by atoms with Gasteiger partial charge in [-0.15, -0.1) is 0 Å². The zero-order chi connectivity index (χ0) is 17.2. The normalized spacial score (nSPS) is 22.8. The van der Waals surface area contributed by atoms with Crippen molar-refractivity contribution in [3.63, 3.8) is 0 Å². The number of carbonyl (C=O) groups is 1. The highest BCUT2D eigenvalue weighted by atomic mass is 35.5. The molecule has 1 saturated heterocycles. The van der Waals surface area contributed by atoms with Crippen molar-refractivity contribution in [3.8, 4) is 0 Å². The number of benzene rings is 1. The topological polar surface area (TPSA) is 57.3 Å². The van der Waals surface area contributed by atoms with Gasteiger partial charge in [0.25, 0.3) is 0 Å². The van der Waals surface area contributed by atoms with Crippen LogP contribution < -0.4 is 10.9 Å². The third-order valence-corrected chi connectivity index (χ3v) is 5.17. The van der Waals surface area contributed by atoms with Gasteiger partial charge in [-0.25, -0.2) is 10.9 Å². The summed E-state index contributed by atoms with van der Waals surface area (Å²) in [5.74, 6) is 0.147. The summed E-state index contributed by atoms with van der Waals surface area (Å²) in [6.07, 6.45) is 6.44. The van der Waals surface area contributed by atoms with Crippen LogP contribution in [0.4, 0.5) is 0 Å². The Morgan fingerprint density at radius 3 is 2.76 bits per heavy atom. The molecule has 1 aromatic carbocycles. The number of rotatable bonds is 5. The maximum atomic E-state index is 13.1. The Bertz CT molecular complexity index is 750. The quantitative estimate of drug-likeness (QED) is 0.865. The molecule has 4 rings (SSSR count). The molecule has 1 aliphatic heterocycles. The summed E-state index contributed by atoms with van der Waals surface area (Å²) in [4.78, 5) is 19.2. The molecule has 1 aliphatic carbocycles. The van der Waals surface area contributed by atoms with Crippen molar-refractivity contribution in [1.29, 1.82) is 0 Å². The number of amides is 1. The summed E-state index contributed by atoms with van der Waals surface area (Å²) in [6.45, 7) is 0.617. The smallest absolute Gasteiger partial charge is 0.241 e. The SMILES string of the molecule is O=C(C1CC(c2ccccc2Cl)NN1)N(Cc1cccnc1)C1CC1. The number of hydrogen-bond acceptors (Lipinski definition) is 4. The van der Waals surface area contributed by atoms with Crippen molar-refractivity contribution in [2.45, 2.75) is 43.9 Å². The Kier molecular flexibility index (Phi) is 4.70. The summed E-state index contributed by atoms with van der Waals surface area (Å²) in [7, 11) is 0. The second-order valence-electron chi connectivity index (χ2n) is 6.71. The van der Waals surface area contributed by atoms with Gasteiger partial charge >= 0.3 is 0 Å². The number of aromatic nitrogens is 1. The number of pyridine rings is 1. The molecule has 2 atom stereocenters. The Hall–Kier alpha value is -1.95. The molecule has 1 saturated carbocycles.